The lowest BCUT2D eigenvalue weighted by atomic mass is 10.1. The summed E-state index contributed by atoms with van der Waals surface area (Å²) in [5.74, 6) is -0.205. The first-order chi connectivity index (χ1) is 11.1. The molecule has 2 aromatic carbocycles. The van der Waals surface area contributed by atoms with Crippen LogP contribution >= 0.6 is 0 Å². The fraction of sp³-hybridized carbons (Fsp3) is 0.211. The van der Waals surface area contributed by atoms with Crippen LogP contribution < -0.4 is 0 Å². The average molecular weight is 305 g/mol. The van der Waals surface area contributed by atoms with Crippen molar-refractivity contribution in [1.82, 2.24) is 5.01 Å². The monoisotopic (exact) mass is 305 g/mol. The first-order valence-corrected chi connectivity index (χ1v) is 7.46. The van der Waals surface area contributed by atoms with Gasteiger partial charge < -0.3 is 0 Å². The van der Waals surface area contributed by atoms with E-state index in [2.05, 4.69) is 11.2 Å². The lowest BCUT2D eigenvalue weighted by Gasteiger charge is -2.15. The van der Waals surface area contributed by atoms with Gasteiger partial charge in [0.2, 0.25) is 0 Å². The molecule has 2 aromatic rings. The van der Waals surface area contributed by atoms with E-state index in [1.165, 1.54) is 10.6 Å². The summed E-state index contributed by atoms with van der Waals surface area (Å²) in [5.41, 5.74) is 3.73. The summed E-state index contributed by atoms with van der Waals surface area (Å²) in [6.07, 6.45) is 1.88. The van der Waals surface area contributed by atoms with Crippen LogP contribution in [-0.2, 0) is 0 Å². The predicted molar refractivity (Wildman–Crippen MR) is 91.2 cm³/mol. The molecule has 0 aromatic heterocycles. The fourth-order valence-corrected chi connectivity index (χ4v) is 2.00. The van der Waals surface area contributed by atoms with Crippen LogP contribution in [0.4, 0.5) is 0 Å². The number of carbonyl (C=O) groups is 1. The lowest BCUT2D eigenvalue weighted by molar-refractivity contribution is 0.0765. The number of nitrogens with zero attached hydrogens (tertiary/aromatic N) is 3. The maximum Gasteiger partial charge on any atom is 0.273 e. The number of benzene rings is 2. The molecule has 0 atom stereocenters. The minimum atomic E-state index is -0.205. The van der Waals surface area contributed by atoms with E-state index in [9.17, 15) is 4.79 Å². The summed E-state index contributed by atoms with van der Waals surface area (Å²) >= 11 is 0. The average Bonchev–Trinajstić information content (AvgIpc) is 2.56. The molecule has 2 rings (SSSR count). The Bertz CT molecular complexity index is 725. The lowest BCUT2D eigenvalue weighted by Crippen LogP contribution is -2.27. The second-order valence-electron chi connectivity index (χ2n) is 5.36. The molecule has 0 bridgehead atoms. The van der Waals surface area contributed by atoms with Gasteiger partial charge in [0.15, 0.2) is 0 Å². The predicted octanol–water partition coefficient (Wildman–Crippen LogP) is 3.69. The summed E-state index contributed by atoms with van der Waals surface area (Å²) in [7, 11) is 0. The number of amides is 1. The Labute approximate surface area is 136 Å². The molecule has 0 fully saturated rings. The topological polar surface area (TPSA) is 56.5 Å². The first-order valence-electron chi connectivity index (χ1n) is 7.46. The first kappa shape index (κ1) is 16.4. The zero-order chi connectivity index (χ0) is 16.7. The van der Waals surface area contributed by atoms with Gasteiger partial charge in [0.05, 0.1) is 25.2 Å². The molecule has 0 aliphatic rings. The summed E-state index contributed by atoms with van der Waals surface area (Å²) in [4.78, 5) is 12.5. The standard InChI is InChI=1S/C19H19N3O/c1-15-4-8-17(9-5-15)14-21-22(13-3-12-20)19(23)18-10-6-16(2)7-11-18/h4-11,14H,3,13H2,1-2H3/b21-14+. The number of hydrogen-bond acceptors (Lipinski definition) is 3. The van der Waals surface area contributed by atoms with E-state index < -0.39 is 0 Å². The van der Waals surface area contributed by atoms with Gasteiger partial charge in [-0.2, -0.15) is 10.4 Å². The second-order valence-corrected chi connectivity index (χ2v) is 5.36. The number of carbonyl (C=O) groups excluding carboxylic acids is 1. The van der Waals surface area contributed by atoms with Crippen molar-refractivity contribution in [2.75, 3.05) is 6.54 Å². The third-order valence-corrected chi connectivity index (χ3v) is 3.39. The largest absolute Gasteiger partial charge is 0.273 e. The van der Waals surface area contributed by atoms with Crippen molar-refractivity contribution in [2.45, 2.75) is 20.3 Å². The van der Waals surface area contributed by atoms with Crippen molar-refractivity contribution in [3.05, 3.63) is 70.8 Å². The Balaban J connectivity index is 2.18. The highest BCUT2D eigenvalue weighted by Gasteiger charge is 2.14. The van der Waals surface area contributed by atoms with E-state index in [0.717, 1.165) is 11.1 Å². The molecule has 0 saturated heterocycles. The fourth-order valence-electron chi connectivity index (χ4n) is 2.00. The van der Waals surface area contributed by atoms with Gasteiger partial charge in [0, 0.05) is 5.56 Å². The van der Waals surface area contributed by atoms with Crippen LogP contribution in [-0.4, -0.2) is 23.7 Å². The van der Waals surface area contributed by atoms with E-state index in [0.29, 0.717) is 5.56 Å². The number of aryl methyl sites for hydroxylation is 2. The van der Waals surface area contributed by atoms with Crippen LogP contribution in [0, 0.1) is 25.2 Å². The SMILES string of the molecule is Cc1ccc(/C=N/N(CCC#N)C(=O)c2ccc(C)cc2)cc1. The molecule has 0 N–H and O–H groups in total. The smallest absolute Gasteiger partial charge is 0.267 e. The highest BCUT2D eigenvalue weighted by atomic mass is 16.2. The van der Waals surface area contributed by atoms with Crippen molar-refractivity contribution in [3.63, 3.8) is 0 Å². The molecule has 0 saturated carbocycles. The second kappa shape index (κ2) is 7.90. The molecule has 116 valence electrons. The van der Waals surface area contributed by atoms with E-state index in [-0.39, 0.29) is 18.9 Å². The number of rotatable bonds is 5. The molecule has 0 aliphatic heterocycles. The van der Waals surface area contributed by atoms with Crippen LogP contribution in [0.1, 0.15) is 33.5 Å². The molecule has 0 heterocycles. The van der Waals surface area contributed by atoms with Gasteiger partial charge >= 0.3 is 0 Å². The van der Waals surface area contributed by atoms with E-state index in [1.807, 2.05) is 50.2 Å². The van der Waals surface area contributed by atoms with Gasteiger partial charge in [-0.25, -0.2) is 5.01 Å². The van der Waals surface area contributed by atoms with Gasteiger partial charge in [-0.05, 0) is 31.5 Å². The molecule has 0 spiro atoms. The van der Waals surface area contributed by atoms with Crippen LogP contribution in [0.2, 0.25) is 0 Å². The third kappa shape index (κ3) is 4.79. The highest BCUT2D eigenvalue weighted by molar-refractivity contribution is 5.95. The zero-order valence-electron chi connectivity index (χ0n) is 13.4. The number of nitriles is 1. The quantitative estimate of drug-likeness (QED) is 0.625. The highest BCUT2D eigenvalue weighted by Crippen LogP contribution is 2.09. The van der Waals surface area contributed by atoms with Crippen molar-refractivity contribution in [2.24, 2.45) is 5.10 Å². The summed E-state index contributed by atoms with van der Waals surface area (Å²) in [6, 6.07) is 17.2. The Morgan fingerprint density at radius 2 is 1.65 bits per heavy atom. The van der Waals surface area contributed by atoms with Crippen molar-refractivity contribution in [3.8, 4) is 6.07 Å². The van der Waals surface area contributed by atoms with Gasteiger partial charge in [0.25, 0.3) is 5.91 Å². The van der Waals surface area contributed by atoms with Crippen molar-refractivity contribution >= 4 is 12.1 Å². The van der Waals surface area contributed by atoms with Crippen molar-refractivity contribution < 1.29 is 4.79 Å². The molecule has 0 unspecified atom stereocenters. The van der Waals surface area contributed by atoms with Crippen LogP contribution in [0.3, 0.4) is 0 Å². The molecular formula is C19H19N3O. The van der Waals surface area contributed by atoms with Gasteiger partial charge in [-0.3, -0.25) is 4.79 Å². The Morgan fingerprint density at radius 1 is 1.09 bits per heavy atom. The van der Waals surface area contributed by atoms with E-state index >= 15 is 0 Å². The van der Waals surface area contributed by atoms with E-state index in [1.54, 1.807) is 18.3 Å². The maximum atomic E-state index is 12.5. The van der Waals surface area contributed by atoms with Crippen LogP contribution in [0.15, 0.2) is 53.6 Å². The van der Waals surface area contributed by atoms with Crippen molar-refractivity contribution in [1.29, 1.82) is 5.26 Å². The molecule has 0 aliphatic carbocycles. The Hall–Kier alpha value is -2.93. The Morgan fingerprint density at radius 3 is 2.22 bits per heavy atom. The van der Waals surface area contributed by atoms with Crippen LogP contribution in [0.25, 0.3) is 0 Å². The minimum Gasteiger partial charge on any atom is -0.267 e. The Kier molecular flexibility index (Phi) is 5.65. The van der Waals surface area contributed by atoms with Gasteiger partial charge in [-0.1, -0.05) is 47.5 Å². The zero-order valence-corrected chi connectivity index (χ0v) is 13.4. The molecule has 0 radical (unpaired) electrons. The molecule has 1 amide bonds. The molecule has 4 nitrogen and oxygen atoms in total. The summed E-state index contributed by atoms with van der Waals surface area (Å²) < 4.78 is 0. The molecular weight excluding hydrogens is 286 g/mol. The number of hydrazone groups is 1. The van der Waals surface area contributed by atoms with Crippen LogP contribution in [0.5, 0.6) is 0 Å². The minimum absolute atomic E-state index is 0.205. The normalized spacial score (nSPS) is 10.5. The number of hydrogen-bond donors (Lipinski definition) is 0. The van der Waals surface area contributed by atoms with E-state index in [4.69, 9.17) is 5.26 Å². The molecule has 4 heteroatoms. The third-order valence-electron chi connectivity index (χ3n) is 3.39. The van der Waals surface area contributed by atoms with Gasteiger partial charge in [-0.15, -0.1) is 0 Å². The van der Waals surface area contributed by atoms with Gasteiger partial charge in [0.1, 0.15) is 0 Å². The molecule has 23 heavy (non-hydrogen) atoms. The summed E-state index contributed by atoms with van der Waals surface area (Å²) in [6.45, 7) is 4.25. The maximum absolute atomic E-state index is 12.5. The summed E-state index contributed by atoms with van der Waals surface area (Å²) in [5, 5.41) is 14.4.